The number of hydrogen-bond donors (Lipinski definition) is 3. The molecule has 2 heterocycles. The molecule has 1 amide bonds. The van der Waals surface area contributed by atoms with Crippen molar-refractivity contribution in [2.75, 3.05) is 13.1 Å². The van der Waals surface area contributed by atoms with E-state index in [2.05, 4.69) is 15.6 Å². The average molecular weight is 285 g/mol. The number of aliphatic hydroxyl groups is 1. The van der Waals surface area contributed by atoms with E-state index in [0.29, 0.717) is 17.6 Å². The number of rotatable bonds is 2. The highest BCUT2D eigenvalue weighted by atomic mass is 16.3. The second-order valence-corrected chi connectivity index (χ2v) is 5.47. The van der Waals surface area contributed by atoms with Gasteiger partial charge in [0.05, 0.1) is 23.2 Å². The van der Waals surface area contributed by atoms with E-state index >= 15 is 0 Å². The van der Waals surface area contributed by atoms with Crippen LogP contribution in [0, 0.1) is 6.92 Å². The second kappa shape index (κ2) is 5.79. The quantitative estimate of drug-likeness (QED) is 0.769. The van der Waals surface area contributed by atoms with E-state index in [-0.39, 0.29) is 11.9 Å². The van der Waals surface area contributed by atoms with E-state index in [0.717, 1.165) is 24.0 Å². The van der Waals surface area contributed by atoms with Gasteiger partial charge >= 0.3 is 0 Å². The Morgan fingerprint density at radius 2 is 2.24 bits per heavy atom. The Balaban J connectivity index is 1.89. The minimum absolute atomic E-state index is 0.176. The summed E-state index contributed by atoms with van der Waals surface area (Å²) in [6.45, 7) is 3.22. The van der Waals surface area contributed by atoms with Gasteiger partial charge in [0.2, 0.25) is 0 Å². The minimum Gasteiger partial charge on any atom is -0.390 e. The number of fused-ring (bicyclic) bond motifs is 1. The molecule has 110 valence electrons. The molecule has 1 aromatic carbocycles. The number of amides is 1. The Bertz CT molecular complexity index is 672. The molecule has 21 heavy (non-hydrogen) atoms. The minimum atomic E-state index is -0.549. The maximum absolute atomic E-state index is 12.5. The molecule has 3 N–H and O–H groups in total. The first kappa shape index (κ1) is 14.0. The molecule has 1 aliphatic rings. The van der Waals surface area contributed by atoms with E-state index in [9.17, 15) is 9.90 Å². The number of aromatic nitrogens is 1. The molecular formula is C16H19N3O2. The van der Waals surface area contributed by atoms with E-state index in [1.165, 1.54) is 0 Å². The predicted molar refractivity (Wildman–Crippen MR) is 81.2 cm³/mol. The van der Waals surface area contributed by atoms with Gasteiger partial charge in [-0.1, -0.05) is 18.2 Å². The van der Waals surface area contributed by atoms with Crippen molar-refractivity contribution in [2.45, 2.75) is 25.5 Å². The van der Waals surface area contributed by atoms with Crippen LogP contribution in [0.5, 0.6) is 0 Å². The third-order valence-electron chi connectivity index (χ3n) is 3.87. The van der Waals surface area contributed by atoms with Gasteiger partial charge in [0, 0.05) is 17.6 Å². The number of aliphatic hydroxyl groups excluding tert-OH is 1. The monoisotopic (exact) mass is 285 g/mol. The maximum Gasteiger partial charge on any atom is 0.253 e. The average Bonchev–Trinajstić information content (AvgIpc) is 2.49. The molecule has 0 saturated carbocycles. The van der Waals surface area contributed by atoms with Crippen LogP contribution in [0.4, 0.5) is 0 Å². The van der Waals surface area contributed by atoms with Crippen LogP contribution >= 0.6 is 0 Å². The fraction of sp³-hybridized carbons (Fsp3) is 0.375. The molecule has 2 aromatic rings. The molecule has 1 aliphatic heterocycles. The van der Waals surface area contributed by atoms with Crippen LogP contribution in [-0.2, 0) is 0 Å². The maximum atomic E-state index is 12.5. The summed E-state index contributed by atoms with van der Waals surface area (Å²) in [7, 11) is 0. The van der Waals surface area contributed by atoms with Gasteiger partial charge in [-0.25, -0.2) is 0 Å². The summed E-state index contributed by atoms with van der Waals surface area (Å²) in [5, 5.41) is 16.9. The van der Waals surface area contributed by atoms with Gasteiger partial charge < -0.3 is 15.7 Å². The summed E-state index contributed by atoms with van der Waals surface area (Å²) < 4.78 is 0. The van der Waals surface area contributed by atoms with Gasteiger partial charge in [0.25, 0.3) is 5.91 Å². The van der Waals surface area contributed by atoms with Crippen molar-refractivity contribution in [1.29, 1.82) is 0 Å². The lowest BCUT2D eigenvalue weighted by atomic mass is 10.0. The molecule has 0 radical (unpaired) electrons. The largest absolute Gasteiger partial charge is 0.390 e. The highest BCUT2D eigenvalue weighted by molar-refractivity contribution is 6.05. The van der Waals surface area contributed by atoms with Gasteiger partial charge in [-0.15, -0.1) is 0 Å². The van der Waals surface area contributed by atoms with Crippen LogP contribution in [0.25, 0.3) is 10.9 Å². The van der Waals surface area contributed by atoms with Crippen molar-refractivity contribution >= 4 is 16.8 Å². The fourth-order valence-corrected chi connectivity index (χ4v) is 2.68. The number of nitrogens with one attached hydrogen (secondary N) is 2. The highest BCUT2D eigenvalue weighted by Gasteiger charge is 2.25. The molecule has 0 unspecified atom stereocenters. The zero-order valence-electron chi connectivity index (χ0n) is 12.0. The number of piperidine rings is 1. The summed E-state index contributed by atoms with van der Waals surface area (Å²) >= 11 is 0. The molecule has 0 aliphatic carbocycles. The zero-order chi connectivity index (χ0) is 14.8. The standard InChI is InChI=1S/C16H19N3O2/c1-10-5-6-11-3-2-4-12(15(11)18-10)16(21)19-13-7-8-17-9-14(13)20/h2-6,13-14,17,20H,7-9H2,1H3,(H,19,21)/t13-,14-/m0/s1. The van der Waals surface area contributed by atoms with Gasteiger partial charge in [-0.05, 0) is 32.0 Å². The number of carbonyl (C=O) groups excluding carboxylic acids is 1. The van der Waals surface area contributed by atoms with Crippen molar-refractivity contribution < 1.29 is 9.90 Å². The molecule has 5 nitrogen and oxygen atoms in total. The smallest absolute Gasteiger partial charge is 0.253 e. The second-order valence-electron chi connectivity index (χ2n) is 5.47. The molecule has 5 heteroatoms. The predicted octanol–water partition coefficient (Wildman–Crippen LogP) is 0.996. The lowest BCUT2D eigenvalue weighted by Crippen LogP contribution is -2.52. The zero-order valence-corrected chi connectivity index (χ0v) is 12.0. The number of pyridine rings is 1. The van der Waals surface area contributed by atoms with Crippen LogP contribution in [0.3, 0.4) is 0 Å². The molecule has 2 atom stereocenters. The number of nitrogens with zero attached hydrogens (tertiary/aromatic N) is 1. The topological polar surface area (TPSA) is 74.2 Å². The van der Waals surface area contributed by atoms with Crippen molar-refractivity contribution in [3.05, 3.63) is 41.6 Å². The lowest BCUT2D eigenvalue weighted by molar-refractivity contribution is 0.0766. The Morgan fingerprint density at radius 1 is 1.38 bits per heavy atom. The van der Waals surface area contributed by atoms with Crippen molar-refractivity contribution in [1.82, 2.24) is 15.6 Å². The molecule has 1 saturated heterocycles. The number of carbonyl (C=O) groups is 1. The normalized spacial score (nSPS) is 22.2. The summed E-state index contributed by atoms with van der Waals surface area (Å²) in [5.41, 5.74) is 2.14. The third-order valence-corrected chi connectivity index (χ3v) is 3.87. The molecule has 0 bridgehead atoms. The first-order valence-corrected chi connectivity index (χ1v) is 7.21. The van der Waals surface area contributed by atoms with Crippen molar-refractivity contribution in [3.8, 4) is 0 Å². The van der Waals surface area contributed by atoms with E-state index < -0.39 is 6.10 Å². The van der Waals surface area contributed by atoms with Crippen molar-refractivity contribution in [2.24, 2.45) is 0 Å². The first-order chi connectivity index (χ1) is 10.1. The highest BCUT2D eigenvalue weighted by Crippen LogP contribution is 2.18. The number of para-hydroxylation sites is 1. The molecular weight excluding hydrogens is 266 g/mol. The number of benzene rings is 1. The molecule has 1 aromatic heterocycles. The van der Waals surface area contributed by atoms with Crippen LogP contribution < -0.4 is 10.6 Å². The number of hydrogen-bond acceptors (Lipinski definition) is 4. The number of aryl methyl sites for hydroxylation is 1. The molecule has 1 fully saturated rings. The molecule has 3 rings (SSSR count). The van der Waals surface area contributed by atoms with Crippen LogP contribution in [0.15, 0.2) is 30.3 Å². The lowest BCUT2D eigenvalue weighted by Gasteiger charge is -2.29. The summed E-state index contributed by atoms with van der Waals surface area (Å²) in [4.78, 5) is 17.0. The summed E-state index contributed by atoms with van der Waals surface area (Å²) in [5.74, 6) is -0.176. The van der Waals surface area contributed by atoms with Crippen molar-refractivity contribution in [3.63, 3.8) is 0 Å². The van der Waals surface area contributed by atoms with Crippen LogP contribution in [0.2, 0.25) is 0 Å². The first-order valence-electron chi connectivity index (χ1n) is 7.21. The Kier molecular flexibility index (Phi) is 3.86. The van der Waals surface area contributed by atoms with E-state index in [4.69, 9.17) is 0 Å². The van der Waals surface area contributed by atoms with Gasteiger partial charge in [0.15, 0.2) is 0 Å². The van der Waals surface area contributed by atoms with E-state index in [1.54, 1.807) is 6.07 Å². The van der Waals surface area contributed by atoms with Gasteiger partial charge in [0.1, 0.15) is 0 Å². The van der Waals surface area contributed by atoms with Crippen LogP contribution in [0.1, 0.15) is 22.5 Å². The number of β-amino-alcohol motifs (C(OH)–C–C–N with tert-alkyl or cyclic N) is 1. The Hall–Kier alpha value is -1.98. The van der Waals surface area contributed by atoms with Gasteiger partial charge in [-0.3, -0.25) is 9.78 Å². The van der Waals surface area contributed by atoms with E-state index in [1.807, 2.05) is 31.2 Å². The summed E-state index contributed by atoms with van der Waals surface area (Å²) in [6, 6.07) is 9.26. The van der Waals surface area contributed by atoms with Gasteiger partial charge in [-0.2, -0.15) is 0 Å². The van der Waals surface area contributed by atoms with Crippen LogP contribution in [-0.4, -0.2) is 41.2 Å². The summed E-state index contributed by atoms with van der Waals surface area (Å²) in [6.07, 6.45) is 0.178. The fourth-order valence-electron chi connectivity index (χ4n) is 2.68. The SMILES string of the molecule is Cc1ccc2cccc(C(=O)N[C@H]3CCNC[C@@H]3O)c2n1. The molecule has 0 spiro atoms. The Labute approximate surface area is 123 Å². The Morgan fingerprint density at radius 3 is 3.05 bits per heavy atom. The third kappa shape index (κ3) is 2.89.